The normalized spacial score (nSPS) is 13.6. The average molecular weight is 305 g/mol. The van der Waals surface area contributed by atoms with Gasteiger partial charge in [0.1, 0.15) is 5.75 Å². The van der Waals surface area contributed by atoms with Crippen LogP contribution in [0.4, 0.5) is 11.4 Å². The maximum Gasteiger partial charge on any atom is 0.265 e. The molecule has 0 bridgehead atoms. The van der Waals surface area contributed by atoms with Gasteiger partial charge in [-0.15, -0.1) is 0 Å². The van der Waals surface area contributed by atoms with Gasteiger partial charge in [-0.05, 0) is 30.3 Å². The van der Waals surface area contributed by atoms with Gasteiger partial charge in [-0.1, -0.05) is 11.6 Å². The summed E-state index contributed by atoms with van der Waals surface area (Å²) in [4.78, 5) is 18.0. The van der Waals surface area contributed by atoms with E-state index in [0.29, 0.717) is 28.7 Å². The molecule has 21 heavy (non-hydrogen) atoms. The van der Waals surface area contributed by atoms with Gasteiger partial charge >= 0.3 is 0 Å². The number of ether oxygens (including phenoxy) is 1. The third kappa shape index (κ3) is 2.76. The van der Waals surface area contributed by atoms with Crippen molar-refractivity contribution in [3.63, 3.8) is 0 Å². The molecule has 0 fully saturated rings. The van der Waals surface area contributed by atoms with Crippen molar-refractivity contribution in [3.05, 3.63) is 47.2 Å². The monoisotopic (exact) mass is 304 g/mol. The van der Waals surface area contributed by atoms with E-state index in [0.717, 1.165) is 5.69 Å². The number of nitrogen functional groups attached to an aromatic ring is 1. The number of nitrogens with one attached hydrogen (secondary N) is 1. The molecule has 7 heteroatoms. The van der Waals surface area contributed by atoms with E-state index in [1.54, 1.807) is 41.4 Å². The van der Waals surface area contributed by atoms with Gasteiger partial charge in [0, 0.05) is 11.2 Å². The molecule has 1 aromatic carbocycles. The highest BCUT2D eigenvalue weighted by Gasteiger charge is 2.26. The number of hydrogen-bond acceptors (Lipinski definition) is 5. The van der Waals surface area contributed by atoms with Crippen molar-refractivity contribution < 1.29 is 9.53 Å². The van der Waals surface area contributed by atoms with Crippen LogP contribution in [-0.4, -0.2) is 17.5 Å². The van der Waals surface area contributed by atoms with E-state index in [2.05, 4.69) is 10.4 Å². The van der Waals surface area contributed by atoms with E-state index >= 15 is 0 Å². The molecular weight excluding hydrogens is 292 g/mol. The van der Waals surface area contributed by atoms with Crippen LogP contribution in [0.15, 0.2) is 36.5 Å². The second-order valence-corrected chi connectivity index (χ2v) is 5.00. The number of nitrogens with zero attached hydrogens (tertiary/aromatic N) is 2. The van der Waals surface area contributed by atoms with Crippen LogP contribution < -0.4 is 20.9 Å². The molecule has 3 rings (SSSR count). The standard InChI is InChI=1S/C14H13ClN4O2/c15-9-1-2-13-12(5-9)19(14(20)8-21-13)7-11-6-10(18-16)3-4-17-11/h1-6H,7-8,16H2,(H,17,18). The Bertz CT molecular complexity index is 692. The maximum absolute atomic E-state index is 12.1. The highest BCUT2D eigenvalue weighted by Crippen LogP contribution is 2.35. The van der Waals surface area contributed by atoms with Gasteiger partial charge in [-0.25, -0.2) is 0 Å². The van der Waals surface area contributed by atoms with Gasteiger partial charge in [0.25, 0.3) is 5.91 Å². The number of anilines is 2. The Morgan fingerprint density at radius 3 is 3.05 bits per heavy atom. The summed E-state index contributed by atoms with van der Waals surface area (Å²) in [6.07, 6.45) is 1.63. The first-order chi connectivity index (χ1) is 10.2. The van der Waals surface area contributed by atoms with E-state index in [4.69, 9.17) is 22.2 Å². The zero-order chi connectivity index (χ0) is 14.8. The highest BCUT2D eigenvalue weighted by molar-refractivity contribution is 6.31. The SMILES string of the molecule is NNc1ccnc(CN2C(=O)COc3ccc(Cl)cc32)c1. The van der Waals surface area contributed by atoms with Crippen LogP contribution in [0.1, 0.15) is 5.69 Å². The second-order valence-electron chi connectivity index (χ2n) is 4.56. The minimum Gasteiger partial charge on any atom is -0.482 e. The molecule has 0 spiro atoms. The molecule has 2 aromatic rings. The molecule has 0 saturated heterocycles. The number of carbonyl (C=O) groups is 1. The molecule has 0 unspecified atom stereocenters. The molecule has 1 aliphatic heterocycles. The molecule has 108 valence electrons. The average Bonchev–Trinajstić information content (AvgIpc) is 2.50. The van der Waals surface area contributed by atoms with Crippen molar-refractivity contribution in [3.8, 4) is 5.75 Å². The van der Waals surface area contributed by atoms with Gasteiger partial charge in [-0.3, -0.25) is 20.5 Å². The topological polar surface area (TPSA) is 80.5 Å². The van der Waals surface area contributed by atoms with Crippen LogP contribution >= 0.6 is 11.6 Å². The van der Waals surface area contributed by atoms with Gasteiger partial charge in [0.2, 0.25) is 0 Å². The number of benzene rings is 1. The molecule has 0 atom stereocenters. The first-order valence-electron chi connectivity index (χ1n) is 6.31. The molecule has 1 aromatic heterocycles. The number of hydrogen-bond donors (Lipinski definition) is 2. The Balaban J connectivity index is 1.94. The number of hydrazine groups is 1. The fraction of sp³-hybridized carbons (Fsp3) is 0.143. The molecule has 0 radical (unpaired) electrons. The Hall–Kier alpha value is -2.31. The minimum absolute atomic E-state index is 0.00343. The third-order valence-electron chi connectivity index (χ3n) is 3.17. The minimum atomic E-state index is -0.141. The molecule has 3 N–H and O–H groups in total. The van der Waals surface area contributed by atoms with E-state index < -0.39 is 0 Å². The third-order valence-corrected chi connectivity index (χ3v) is 3.40. The Morgan fingerprint density at radius 2 is 2.24 bits per heavy atom. The fourth-order valence-electron chi connectivity index (χ4n) is 2.17. The Labute approximate surface area is 126 Å². The van der Waals surface area contributed by atoms with Crippen molar-refractivity contribution in [1.82, 2.24) is 4.98 Å². The van der Waals surface area contributed by atoms with Crippen LogP contribution in [0.5, 0.6) is 5.75 Å². The van der Waals surface area contributed by atoms with Crippen LogP contribution in [0, 0.1) is 0 Å². The highest BCUT2D eigenvalue weighted by atomic mass is 35.5. The number of amides is 1. The molecule has 6 nitrogen and oxygen atoms in total. The van der Waals surface area contributed by atoms with E-state index in [1.807, 2.05) is 0 Å². The molecule has 0 aliphatic carbocycles. The number of pyridine rings is 1. The summed E-state index contributed by atoms with van der Waals surface area (Å²) >= 11 is 6.00. The summed E-state index contributed by atoms with van der Waals surface area (Å²) in [5, 5.41) is 0.544. The zero-order valence-electron chi connectivity index (χ0n) is 11.0. The molecule has 2 heterocycles. The number of rotatable bonds is 3. The molecular formula is C14H13ClN4O2. The van der Waals surface area contributed by atoms with Crippen LogP contribution in [0.25, 0.3) is 0 Å². The zero-order valence-corrected chi connectivity index (χ0v) is 11.8. The van der Waals surface area contributed by atoms with Crippen LogP contribution in [0.2, 0.25) is 5.02 Å². The van der Waals surface area contributed by atoms with Crippen molar-refractivity contribution in [2.45, 2.75) is 6.54 Å². The number of fused-ring (bicyclic) bond motifs is 1. The molecule has 0 saturated carbocycles. The lowest BCUT2D eigenvalue weighted by molar-refractivity contribution is -0.121. The van der Waals surface area contributed by atoms with Crippen molar-refractivity contribution in [2.75, 3.05) is 16.9 Å². The number of carbonyl (C=O) groups excluding carboxylic acids is 1. The van der Waals surface area contributed by atoms with E-state index in [9.17, 15) is 4.79 Å². The van der Waals surface area contributed by atoms with E-state index in [1.165, 1.54) is 0 Å². The first kappa shape index (κ1) is 13.7. The Kier molecular flexibility index (Phi) is 3.64. The lowest BCUT2D eigenvalue weighted by Crippen LogP contribution is -2.38. The second kappa shape index (κ2) is 5.59. The van der Waals surface area contributed by atoms with Crippen molar-refractivity contribution >= 4 is 28.9 Å². The van der Waals surface area contributed by atoms with Gasteiger partial charge in [-0.2, -0.15) is 0 Å². The number of aromatic nitrogens is 1. The lowest BCUT2D eigenvalue weighted by Gasteiger charge is -2.29. The maximum atomic E-state index is 12.1. The largest absolute Gasteiger partial charge is 0.482 e. The van der Waals surface area contributed by atoms with Crippen molar-refractivity contribution in [1.29, 1.82) is 0 Å². The lowest BCUT2D eigenvalue weighted by atomic mass is 10.2. The predicted octanol–water partition coefficient (Wildman–Crippen LogP) is 1.95. The van der Waals surface area contributed by atoms with Crippen LogP contribution in [-0.2, 0) is 11.3 Å². The van der Waals surface area contributed by atoms with E-state index in [-0.39, 0.29) is 12.5 Å². The number of halogens is 1. The summed E-state index contributed by atoms with van der Waals surface area (Å²) in [6, 6.07) is 8.72. The summed E-state index contributed by atoms with van der Waals surface area (Å²) in [6.45, 7) is 0.328. The summed E-state index contributed by atoms with van der Waals surface area (Å²) < 4.78 is 5.40. The van der Waals surface area contributed by atoms with Crippen molar-refractivity contribution in [2.24, 2.45) is 5.84 Å². The Morgan fingerprint density at radius 1 is 1.38 bits per heavy atom. The summed E-state index contributed by atoms with van der Waals surface area (Å²) in [5.41, 5.74) is 4.64. The quantitative estimate of drug-likeness (QED) is 0.669. The van der Waals surface area contributed by atoms with Gasteiger partial charge < -0.3 is 10.2 Å². The van der Waals surface area contributed by atoms with Gasteiger partial charge in [0.15, 0.2) is 6.61 Å². The van der Waals surface area contributed by atoms with Crippen LogP contribution in [0.3, 0.4) is 0 Å². The first-order valence-corrected chi connectivity index (χ1v) is 6.69. The summed E-state index contributed by atoms with van der Waals surface area (Å²) in [5.74, 6) is 5.87. The molecule has 1 aliphatic rings. The fourth-order valence-corrected chi connectivity index (χ4v) is 2.33. The smallest absolute Gasteiger partial charge is 0.265 e. The molecule has 1 amide bonds. The number of nitrogens with two attached hydrogens (primary N) is 1. The summed E-state index contributed by atoms with van der Waals surface area (Å²) in [7, 11) is 0. The predicted molar refractivity (Wildman–Crippen MR) is 80.2 cm³/mol. The van der Waals surface area contributed by atoms with Gasteiger partial charge in [0.05, 0.1) is 23.6 Å².